The molecule has 0 saturated carbocycles. The number of carbonyl (C=O) groups is 2. The van der Waals surface area contributed by atoms with Gasteiger partial charge in [0, 0.05) is 36.6 Å². The molecule has 1 aromatic heterocycles. The molecule has 0 spiro atoms. The summed E-state index contributed by atoms with van der Waals surface area (Å²) in [6.45, 7) is -0.0506. The fourth-order valence-corrected chi connectivity index (χ4v) is 3.99. The highest BCUT2D eigenvalue weighted by Crippen LogP contribution is 2.31. The molecule has 4 aromatic rings. The summed E-state index contributed by atoms with van der Waals surface area (Å²) in [7, 11) is 3.17. The number of aromatic nitrogens is 1. The lowest BCUT2D eigenvalue weighted by atomic mass is 9.97. The van der Waals surface area contributed by atoms with Gasteiger partial charge in [0.15, 0.2) is 6.61 Å². The first-order valence-corrected chi connectivity index (χ1v) is 11.1. The molecule has 4 rings (SSSR count). The third kappa shape index (κ3) is 4.72. The van der Waals surface area contributed by atoms with Gasteiger partial charge in [0.05, 0.1) is 0 Å². The second-order valence-electron chi connectivity index (χ2n) is 7.95. The Morgan fingerprint density at radius 1 is 0.912 bits per heavy atom. The molecule has 0 aliphatic rings. The van der Waals surface area contributed by atoms with Gasteiger partial charge in [-0.1, -0.05) is 72.3 Å². The summed E-state index contributed by atoms with van der Waals surface area (Å²) in [5.74, 6) is -1.10. The number of hydrogen-bond acceptors (Lipinski definition) is 4. The first kappa shape index (κ1) is 23.3. The molecule has 1 heterocycles. The molecular weight excluding hydrogens is 452 g/mol. The first-order chi connectivity index (χ1) is 16.4. The minimum Gasteiger partial charge on any atom is -0.451 e. The van der Waals surface area contributed by atoms with Crippen LogP contribution in [0.1, 0.15) is 16.1 Å². The molecule has 0 radical (unpaired) electrons. The Bertz CT molecular complexity index is 1410. The lowest BCUT2D eigenvalue weighted by Gasteiger charge is -2.19. The van der Waals surface area contributed by atoms with Crippen molar-refractivity contribution in [2.24, 2.45) is 7.05 Å². The van der Waals surface area contributed by atoms with Gasteiger partial charge in [0.1, 0.15) is 5.69 Å². The maximum Gasteiger partial charge on any atom is 0.356 e. The van der Waals surface area contributed by atoms with Crippen molar-refractivity contribution < 1.29 is 14.3 Å². The number of esters is 1. The molecular formula is C27H23ClN2O4. The second kappa shape index (κ2) is 9.93. The number of likely N-dealkylation sites (N-methyl/N-ethyl adjacent to an activating group) is 1. The highest BCUT2D eigenvalue weighted by atomic mass is 35.5. The standard InChI is InChI=1S/C27H23ClN2O4/c1-29(16-18-8-4-3-5-9-18)23(31)17-34-27(33)25-24(19-12-14-20(28)15-13-19)21-10-6-7-11-22(21)26(32)30(25)2/h3-15H,16-17H2,1-2H3. The molecule has 1 amide bonds. The minimum absolute atomic E-state index is 0.0736. The number of carbonyl (C=O) groups excluding carboxylic acids is 2. The highest BCUT2D eigenvalue weighted by molar-refractivity contribution is 6.30. The van der Waals surface area contributed by atoms with Crippen molar-refractivity contribution in [3.8, 4) is 11.1 Å². The van der Waals surface area contributed by atoms with Crippen LogP contribution in [0, 0.1) is 0 Å². The Morgan fingerprint density at radius 2 is 1.53 bits per heavy atom. The summed E-state index contributed by atoms with van der Waals surface area (Å²) in [6.07, 6.45) is 0. The van der Waals surface area contributed by atoms with Crippen LogP contribution in [0.5, 0.6) is 0 Å². The van der Waals surface area contributed by atoms with Crippen LogP contribution in [0.3, 0.4) is 0 Å². The Kier molecular flexibility index (Phi) is 6.80. The van der Waals surface area contributed by atoms with Crippen molar-refractivity contribution in [3.63, 3.8) is 0 Å². The van der Waals surface area contributed by atoms with Crippen LogP contribution in [0.15, 0.2) is 83.7 Å². The summed E-state index contributed by atoms with van der Waals surface area (Å²) in [4.78, 5) is 40.3. The van der Waals surface area contributed by atoms with Gasteiger partial charge in [0.25, 0.3) is 11.5 Å². The van der Waals surface area contributed by atoms with Gasteiger partial charge in [-0.25, -0.2) is 4.79 Å². The van der Waals surface area contributed by atoms with E-state index in [-0.39, 0.29) is 17.2 Å². The number of hydrogen-bond donors (Lipinski definition) is 0. The van der Waals surface area contributed by atoms with Crippen LogP contribution < -0.4 is 5.56 Å². The number of pyridine rings is 1. The van der Waals surface area contributed by atoms with Crippen LogP contribution in [-0.4, -0.2) is 35.0 Å². The van der Waals surface area contributed by atoms with E-state index in [1.165, 1.54) is 16.5 Å². The molecule has 0 aliphatic heterocycles. The van der Waals surface area contributed by atoms with Gasteiger partial charge in [0.2, 0.25) is 0 Å². The number of fused-ring (bicyclic) bond motifs is 1. The summed E-state index contributed by atoms with van der Waals surface area (Å²) < 4.78 is 6.67. The zero-order valence-corrected chi connectivity index (χ0v) is 19.6. The zero-order valence-electron chi connectivity index (χ0n) is 18.8. The molecule has 34 heavy (non-hydrogen) atoms. The molecule has 0 bridgehead atoms. The van der Waals surface area contributed by atoms with Crippen molar-refractivity contribution in [1.82, 2.24) is 9.47 Å². The zero-order chi connectivity index (χ0) is 24.2. The lowest BCUT2D eigenvalue weighted by Crippen LogP contribution is -2.32. The SMILES string of the molecule is CN(Cc1ccccc1)C(=O)COC(=O)c1c(-c2ccc(Cl)cc2)c2ccccc2c(=O)n1C. The molecule has 0 N–H and O–H groups in total. The Labute approximate surface area is 202 Å². The van der Waals surface area contributed by atoms with Gasteiger partial charge in [-0.05, 0) is 34.7 Å². The number of benzene rings is 3. The van der Waals surface area contributed by atoms with E-state index in [1.54, 1.807) is 55.6 Å². The van der Waals surface area contributed by atoms with Gasteiger partial charge in [-0.15, -0.1) is 0 Å². The summed E-state index contributed by atoms with van der Waals surface area (Å²) in [5, 5.41) is 1.65. The first-order valence-electron chi connectivity index (χ1n) is 10.7. The van der Waals surface area contributed by atoms with E-state index in [0.717, 1.165) is 5.56 Å². The Morgan fingerprint density at radius 3 is 2.21 bits per heavy atom. The molecule has 0 saturated heterocycles. The fraction of sp³-hybridized carbons (Fsp3) is 0.148. The van der Waals surface area contributed by atoms with Gasteiger partial charge >= 0.3 is 5.97 Å². The molecule has 0 unspecified atom stereocenters. The summed E-state index contributed by atoms with van der Waals surface area (Å²) in [5.41, 5.74) is 1.96. The van der Waals surface area contributed by atoms with Crippen LogP contribution in [-0.2, 0) is 23.1 Å². The Balaban J connectivity index is 1.66. The van der Waals surface area contributed by atoms with Gasteiger partial charge < -0.3 is 14.2 Å². The van der Waals surface area contributed by atoms with E-state index in [9.17, 15) is 14.4 Å². The van der Waals surface area contributed by atoms with E-state index in [0.29, 0.717) is 33.5 Å². The topological polar surface area (TPSA) is 68.6 Å². The molecule has 6 nitrogen and oxygen atoms in total. The molecule has 7 heteroatoms. The van der Waals surface area contributed by atoms with E-state index in [4.69, 9.17) is 16.3 Å². The quantitative estimate of drug-likeness (QED) is 0.381. The monoisotopic (exact) mass is 474 g/mol. The second-order valence-corrected chi connectivity index (χ2v) is 8.39. The third-order valence-corrected chi connectivity index (χ3v) is 5.90. The summed E-state index contributed by atoms with van der Waals surface area (Å²) in [6, 6.07) is 23.6. The van der Waals surface area contributed by atoms with Crippen molar-refractivity contribution in [1.29, 1.82) is 0 Å². The molecule has 0 fully saturated rings. The van der Waals surface area contributed by atoms with Gasteiger partial charge in [-0.2, -0.15) is 0 Å². The van der Waals surface area contributed by atoms with E-state index in [2.05, 4.69) is 0 Å². The third-order valence-electron chi connectivity index (χ3n) is 5.64. The van der Waals surface area contributed by atoms with Crippen LogP contribution in [0.2, 0.25) is 5.02 Å². The fourth-order valence-electron chi connectivity index (χ4n) is 3.86. The molecule has 0 aliphatic carbocycles. The van der Waals surface area contributed by atoms with Crippen LogP contribution >= 0.6 is 11.6 Å². The largest absolute Gasteiger partial charge is 0.451 e. The van der Waals surface area contributed by atoms with Gasteiger partial charge in [-0.3, -0.25) is 9.59 Å². The predicted octanol–water partition coefficient (Wildman–Crippen LogP) is 4.67. The normalized spacial score (nSPS) is 10.8. The van der Waals surface area contributed by atoms with Crippen molar-refractivity contribution in [3.05, 3.63) is 105 Å². The number of amides is 1. The molecule has 3 aromatic carbocycles. The maximum atomic E-state index is 13.2. The maximum absolute atomic E-state index is 13.2. The van der Waals surface area contributed by atoms with E-state index >= 15 is 0 Å². The van der Waals surface area contributed by atoms with Crippen LogP contribution in [0.4, 0.5) is 0 Å². The van der Waals surface area contributed by atoms with Crippen LogP contribution in [0.25, 0.3) is 21.9 Å². The molecule has 0 atom stereocenters. The number of nitrogens with zero attached hydrogens (tertiary/aromatic N) is 2. The van der Waals surface area contributed by atoms with Crippen molar-refractivity contribution >= 4 is 34.2 Å². The average molecular weight is 475 g/mol. The summed E-state index contributed by atoms with van der Waals surface area (Å²) >= 11 is 6.06. The smallest absolute Gasteiger partial charge is 0.356 e. The highest BCUT2D eigenvalue weighted by Gasteiger charge is 2.24. The van der Waals surface area contributed by atoms with Crippen molar-refractivity contribution in [2.75, 3.05) is 13.7 Å². The molecule has 172 valence electrons. The predicted molar refractivity (Wildman–Crippen MR) is 133 cm³/mol. The number of halogens is 1. The lowest BCUT2D eigenvalue weighted by molar-refractivity contribution is -0.133. The Hall–Kier alpha value is -3.90. The van der Waals surface area contributed by atoms with E-state index in [1.807, 2.05) is 30.3 Å². The minimum atomic E-state index is -0.753. The average Bonchev–Trinajstić information content (AvgIpc) is 2.85. The number of rotatable bonds is 6. The van der Waals surface area contributed by atoms with Crippen molar-refractivity contribution in [2.45, 2.75) is 6.54 Å². The van der Waals surface area contributed by atoms with E-state index < -0.39 is 12.6 Å². The number of ether oxygens (including phenoxy) is 1.